The van der Waals surface area contributed by atoms with Crippen molar-refractivity contribution in [1.82, 2.24) is 10.6 Å². The van der Waals surface area contributed by atoms with Crippen LogP contribution in [0.5, 0.6) is 0 Å². The fourth-order valence-corrected chi connectivity index (χ4v) is 1.69. The van der Waals surface area contributed by atoms with Crippen LogP contribution in [-0.2, 0) is 22.6 Å². The van der Waals surface area contributed by atoms with Gasteiger partial charge in [-0.05, 0) is 23.6 Å². The van der Waals surface area contributed by atoms with Crippen molar-refractivity contribution in [3.05, 3.63) is 60.1 Å². The first-order chi connectivity index (χ1) is 9.75. The number of amides is 2. The van der Waals surface area contributed by atoms with Crippen LogP contribution in [-0.4, -0.2) is 18.4 Å². The highest BCUT2D eigenvalue weighted by Crippen LogP contribution is 1.99. The molecule has 104 valence electrons. The van der Waals surface area contributed by atoms with Gasteiger partial charge in [0.15, 0.2) is 0 Å². The number of benzene rings is 1. The third-order valence-electron chi connectivity index (χ3n) is 2.78. The molecule has 0 saturated carbocycles. The van der Waals surface area contributed by atoms with Gasteiger partial charge in [-0.15, -0.1) is 0 Å². The molecule has 2 aromatic rings. The summed E-state index contributed by atoms with van der Waals surface area (Å²) in [6, 6.07) is 11.3. The second-order valence-corrected chi connectivity index (χ2v) is 4.31. The molecule has 5 nitrogen and oxygen atoms in total. The van der Waals surface area contributed by atoms with Crippen LogP contribution in [0.25, 0.3) is 0 Å². The number of carbonyl (C=O) groups is 2. The molecule has 2 amide bonds. The molecule has 1 aromatic carbocycles. The molecule has 1 aromatic heterocycles. The summed E-state index contributed by atoms with van der Waals surface area (Å²) < 4.78 is 4.92. The number of furan rings is 1. The van der Waals surface area contributed by atoms with E-state index in [2.05, 4.69) is 10.6 Å². The molecule has 0 aliphatic heterocycles. The highest BCUT2D eigenvalue weighted by molar-refractivity contribution is 6.35. The zero-order valence-electron chi connectivity index (χ0n) is 11.0. The molecule has 0 saturated heterocycles. The summed E-state index contributed by atoms with van der Waals surface area (Å²) in [6.07, 6.45) is 3.82. The van der Waals surface area contributed by atoms with Gasteiger partial charge in [-0.2, -0.15) is 0 Å². The average molecular weight is 272 g/mol. The zero-order chi connectivity index (χ0) is 14.2. The van der Waals surface area contributed by atoms with Crippen molar-refractivity contribution >= 4 is 11.8 Å². The zero-order valence-corrected chi connectivity index (χ0v) is 11.0. The summed E-state index contributed by atoms with van der Waals surface area (Å²) in [6.45, 7) is 0.742. The fraction of sp³-hybridized carbons (Fsp3) is 0.200. The smallest absolute Gasteiger partial charge is 0.309 e. The summed E-state index contributed by atoms with van der Waals surface area (Å²) in [7, 11) is 0. The van der Waals surface area contributed by atoms with Crippen molar-refractivity contribution in [1.29, 1.82) is 0 Å². The lowest BCUT2D eigenvalue weighted by molar-refractivity contribution is -0.139. The van der Waals surface area contributed by atoms with E-state index >= 15 is 0 Å². The van der Waals surface area contributed by atoms with Gasteiger partial charge in [-0.25, -0.2) is 0 Å². The number of hydrogen-bond donors (Lipinski definition) is 2. The van der Waals surface area contributed by atoms with E-state index < -0.39 is 11.8 Å². The maximum absolute atomic E-state index is 11.6. The van der Waals surface area contributed by atoms with Crippen LogP contribution in [0.2, 0.25) is 0 Å². The lowest BCUT2D eigenvalue weighted by atomic mass is 10.2. The van der Waals surface area contributed by atoms with E-state index in [0.717, 1.165) is 11.1 Å². The lowest BCUT2D eigenvalue weighted by Crippen LogP contribution is -2.40. The van der Waals surface area contributed by atoms with Crippen molar-refractivity contribution in [3.8, 4) is 0 Å². The lowest BCUT2D eigenvalue weighted by Gasteiger charge is -2.06. The fourth-order valence-electron chi connectivity index (χ4n) is 1.69. The van der Waals surface area contributed by atoms with Crippen LogP contribution < -0.4 is 10.6 Å². The minimum atomic E-state index is -0.624. The summed E-state index contributed by atoms with van der Waals surface area (Å²) >= 11 is 0. The maximum Gasteiger partial charge on any atom is 0.309 e. The van der Waals surface area contributed by atoms with Crippen LogP contribution >= 0.6 is 0 Å². The van der Waals surface area contributed by atoms with Gasteiger partial charge in [0.1, 0.15) is 0 Å². The van der Waals surface area contributed by atoms with E-state index in [9.17, 15) is 9.59 Å². The molecule has 0 spiro atoms. The molecule has 0 aliphatic rings. The molecule has 0 fully saturated rings. The highest BCUT2D eigenvalue weighted by Gasteiger charge is 2.12. The highest BCUT2D eigenvalue weighted by atomic mass is 16.3. The van der Waals surface area contributed by atoms with E-state index in [1.807, 2.05) is 36.4 Å². The number of nitrogens with one attached hydrogen (secondary N) is 2. The first kappa shape index (κ1) is 13.9. The Hall–Kier alpha value is -2.56. The van der Waals surface area contributed by atoms with Crippen molar-refractivity contribution in [2.45, 2.75) is 13.0 Å². The van der Waals surface area contributed by atoms with Crippen molar-refractivity contribution in [3.63, 3.8) is 0 Å². The Morgan fingerprint density at radius 1 is 0.950 bits per heavy atom. The predicted octanol–water partition coefficient (Wildman–Crippen LogP) is 1.25. The molecular formula is C15H16N2O3. The second-order valence-electron chi connectivity index (χ2n) is 4.31. The summed E-state index contributed by atoms with van der Waals surface area (Å²) in [5, 5.41) is 5.14. The minimum absolute atomic E-state index is 0.342. The quantitative estimate of drug-likeness (QED) is 0.805. The molecule has 2 rings (SSSR count). The Morgan fingerprint density at radius 3 is 2.40 bits per heavy atom. The van der Waals surface area contributed by atoms with Crippen LogP contribution in [0, 0.1) is 0 Å². The number of hydrogen-bond acceptors (Lipinski definition) is 3. The average Bonchev–Trinajstić information content (AvgIpc) is 2.99. The SMILES string of the molecule is O=C(NCCc1ccoc1)C(=O)NCc1ccccc1. The normalized spacial score (nSPS) is 10.0. The minimum Gasteiger partial charge on any atom is -0.472 e. The molecule has 2 N–H and O–H groups in total. The largest absolute Gasteiger partial charge is 0.472 e. The van der Waals surface area contributed by atoms with E-state index in [-0.39, 0.29) is 0 Å². The Labute approximate surface area is 117 Å². The van der Waals surface area contributed by atoms with Gasteiger partial charge < -0.3 is 15.1 Å². The van der Waals surface area contributed by atoms with Gasteiger partial charge in [-0.1, -0.05) is 30.3 Å². The topological polar surface area (TPSA) is 71.3 Å². The Kier molecular flexibility index (Phi) is 4.94. The van der Waals surface area contributed by atoms with E-state index in [4.69, 9.17) is 4.42 Å². The van der Waals surface area contributed by atoms with Crippen LogP contribution in [0.3, 0.4) is 0 Å². The maximum atomic E-state index is 11.6. The molecular weight excluding hydrogens is 256 g/mol. The van der Waals surface area contributed by atoms with Gasteiger partial charge in [0, 0.05) is 13.1 Å². The van der Waals surface area contributed by atoms with Gasteiger partial charge in [-0.3, -0.25) is 9.59 Å². The van der Waals surface area contributed by atoms with E-state index in [1.165, 1.54) is 0 Å². The molecule has 0 unspecified atom stereocenters. The van der Waals surface area contributed by atoms with Crippen LogP contribution in [0.1, 0.15) is 11.1 Å². The van der Waals surface area contributed by atoms with Gasteiger partial charge in [0.2, 0.25) is 0 Å². The molecule has 1 heterocycles. The van der Waals surface area contributed by atoms with Gasteiger partial charge in [0.25, 0.3) is 0 Å². The molecule has 20 heavy (non-hydrogen) atoms. The second kappa shape index (κ2) is 7.13. The molecule has 0 radical (unpaired) electrons. The Morgan fingerprint density at radius 2 is 1.70 bits per heavy atom. The third kappa shape index (κ3) is 4.28. The van der Waals surface area contributed by atoms with Gasteiger partial charge >= 0.3 is 11.8 Å². The van der Waals surface area contributed by atoms with Crippen molar-refractivity contribution < 1.29 is 14.0 Å². The first-order valence-corrected chi connectivity index (χ1v) is 6.37. The summed E-state index contributed by atoms with van der Waals surface area (Å²) in [5.74, 6) is -1.24. The predicted molar refractivity (Wildman–Crippen MR) is 73.7 cm³/mol. The Bertz CT molecular complexity index is 550. The van der Waals surface area contributed by atoms with Crippen molar-refractivity contribution in [2.75, 3.05) is 6.54 Å². The standard InChI is InChI=1S/C15H16N2O3/c18-14(16-8-6-13-7-9-20-11-13)15(19)17-10-12-4-2-1-3-5-12/h1-5,7,9,11H,6,8,10H2,(H,16,18)(H,17,19). The Balaban J connectivity index is 1.68. The molecule has 0 atom stereocenters. The summed E-state index contributed by atoms with van der Waals surface area (Å²) in [5.41, 5.74) is 1.93. The van der Waals surface area contributed by atoms with Crippen LogP contribution in [0.15, 0.2) is 53.3 Å². The number of rotatable bonds is 5. The third-order valence-corrected chi connectivity index (χ3v) is 2.78. The van der Waals surface area contributed by atoms with E-state index in [1.54, 1.807) is 12.5 Å². The molecule has 0 bridgehead atoms. The van der Waals surface area contributed by atoms with Gasteiger partial charge in [0.05, 0.1) is 12.5 Å². The summed E-state index contributed by atoms with van der Waals surface area (Å²) in [4.78, 5) is 23.1. The van der Waals surface area contributed by atoms with Crippen LogP contribution in [0.4, 0.5) is 0 Å². The number of carbonyl (C=O) groups excluding carboxylic acids is 2. The first-order valence-electron chi connectivity index (χ1n) is 6.37. The molecule has 0 aliphatic carbocycles. The van der Waals surface area contributed by atoms with Crippen molar-refractivity contribution in [2.24, 2.45) is 0 Å². The monoisotopic (exact) mass is 272 g/mol. The molecule has 5 heteroatoms. The van der Waals surface area contributed by atoms with E-state index in [0.29, 0.717) is 19.5 Å².